The third kappa shape index (κ3) is 15.0. The van der Waals surface area contributed by atoms with Crippen molar-refractivity contribution in [1.82, 2.24) is 20.1 Å². The lowest BCUT2D eigenvalue weighted by atomic mass is 9.83. The number of nitrogens with zero attached hydrogens (tertiary/aromatic N) is 2. The number of halogens is 2. The molecule has 0 radical (unpaired) electrons. The Balaban J connectivity index is 1.75. The molecular weight excluding hydrogens is 755 g/mol. The largest absolute Gasteiger partial charge is 0.480 e. The van der Waals surface area contributed by atoms with Crippen molar-refractivity contribution in [3.8, 4) is 11.1 Å². The van der Waals surface area contributed by atoms with Gasteiger partial charge in [0.2, 0.25) is 17.7 Å². The number of carbonyl (C=O) groups is 5. The van der Waals surface area contributed by atoms with Crippen LogP contribution in [0.1, 0.15) is 83.5 Å². The molecular formula is C42H58F2N6O6S. The zero-order valence-corrected chi connectivity index (χ0v) is 34.2. The first-order valence-corrected chi connectivity index (χ1v) is 20.5. The summed E-state index contributed by atoms with van der Waals surface area (Å²) in [4.78, 5) is 65.2. The molecule has 3 atom stereocenters. The Bertz CT molecular complexity index is 1800. The van der Waals surface area contributed by atoms with Crippen LogP contribution in [0.2, 0.25) is 0 Å². The number of carboxylic acids is 1. The Morgan fingerprint density at radius 2 is 1.67 bits per heavy atom. The van der Waals surface area contributed by atoms with E-state index >= 15 is 4.39 Å². The van der Waals surface area contributed by atoms with E-state index in [9.17, 15) is 33.5 Å². The van der Waals surface area contributed by atoms with Crippen molar-refractivity contribution < 1.29 is 37.9 Å². The highest BCUT2D eigenvalue weighted by atomic mass is 32.2. The van der Waals surface area contributed by atoms with Crippen molar-refractivity contribution in [3.05, 3.63) is 83.7 Å². The number of carboxylic acid groups (broad SMARTS) is 1. The number of unbranched alkanes of at least 4 members (excludes halogenated alkanes) is 1. The van der Waals surface area contributed by atoms with Gasteiger partial charge in [-0.2, -0.15) is 11.8 Å². The SMILES string of the molecule is CC(=O)C[C@@H](CCCCN)C(=O)NC[C@@H](NC(=O)CCSCC(=O)N(CCCN)[C@@H](c1cc(-c2cc(F)ccc2F)cn1Cc1ccccc1)C(C)(C)C)C(=O)O. The molecule has 7 N–H and O–H groups in total. The van der Waals surface area contributed by atoms with E-state index < -0.39 is 52.8 Å². The van der Waals surface area contributed by atoms with Gasteiger partial charge in [-0.25, -0.2) is 13.6 Å². The zero-order valence-electron chi connectivity index (χ0n) is 33.4. The average molecular weight is 813 g/mol. The van der Waals surface area contributed by atoms with E-state index in [4.69, 9.17) is 11.5 Å². The zero-order chi connectivity index (χ0) is 42.1. The van der Waals surface area contributed by atoms with Gasteiger partial charge in [0, 0.05) is 67.2 Å². The number of nitrogens with two attached hydrogens (primary N) is 2. The summed E-state index contributed by atoms with van der Waals surface area (Å²) >= 11 is 1.22. The number of aromatic nitrogens is 1. The first kappa shape index (κ1) is 46.8. The van der Waals surface area contributed by atoms with Crippen LogP contribution in [0.4, 0.5) is 8.78 Å². The van der Waals surface area contributed by atoms with E-state index in [1.807, 2.05) is 61.7 Å². The molecule has 0 unspecified atom stereocenters. The third-order valence-corrected chi connectivity index (χ3v) is 10.4. The first-order valence-electron chi connectivity index (χ1n) is 19.3. The van der Waals surface area contributed by atoms with Crippen molar-refractivity contribution in [3.63, 3.8) is 0 Å². The molecule has 0 fully saturated rings. The number of amides is 3. The number of carbonyl (C=O) groups excluding carboxylic acids is 4. The second-order valence-electron chi connectivity index (χ2n) is 15.3. The normalized spacial score (nSPS) is 13.1. The van der Waals surface area contributed by atoms with Crippen LogP contribution in [0.5, 0.6) is 0 Å². The minimum atomic E-state index is -1.40. The maximum absolute atomic E-state index is 15.1. The number of hydrogen-bond donors (Lipinski definition) is 5. The van der Waals surface area contributed by atoms with Crippen LogP contribution in [0.25, 0.3) is 11.1 Å². The van der Waals surface area contributed by atoms with Crippen LogP contribution in [0, 0.1) is 23.0 Å². The lowest BCUT2D eigenvalue weighted by Crippen LogP contribution is -2.49. The molecule has 2 aromatic carbocycles. The predicted molar refractivity (Wildman–Crippen MR) is 219 cm³/mol. The highest BCUT2D eigenvalue weighted by Crippen LogP contribution is 2.41. The Morgan fingerprint density at radius 1 is 0.965 bits per heavy atom. The molecule has 12 nitrogen and oxygen atoms in total. The molecule has 1 aromatic heterocycles. The molecule has 0 bridgehead atoms. The summed E-state index contributed by atoms with van der Waals surface area (Å²) in [6.45, 7) is 8.56. The lowest BCUT2D eigenvalue weighted by molar-refractivity contribution is -0.142. The van der Waals surface area contributed by atoms with Crippen molar-refractivity contribution in [2.75, 3.05) is 37.7 Å². The quantitative estimate of drug-likeness (QED) is 0.0750. The van der Waals surface area contributed by atoms with Crippen molar-refractivity contribution >= 4 is 41.2 Å². The fourth-order valence-corrected chi connectivity index (χ4v) is 7.51. The summed E-state index contributed by atoms with van der Waals surface area (Å²) in [6.07, 6.45) is 3.98. The number of aliphatic carboxylic acids is 1. The number of benzene rings is 2. The van der Waals surface area contributed by atoms with Gasteiger partial charge in [-0.3, -0.25) is 14.4 Å². The summed E-state index contributed by atoms with van der Waals surface area (Å²) in [5.41, 5.74) is 13.2. The predicted octanol–water partition coefficient (Wildman–Crippen LogP) is 5.28. The van der Waals surface area contributed by atoms with Gasteiger partial charge in [0.1, 0.15) is 23.5 Å². The van der Waals surface area contributed by atoms with E-state index in [0.29, 0.717) is 57.4 Å². The van der Waals surface area contributed by atoms with Crippen LogP contribution < -0.4 is 22.1 Å². The smallest absolute Gasteiger partial charge is 0.328 e. The molecule has 15 heteroatoms. The van der Waals surface area contributed by atoms with Gasteiger partial charge in [-0.05, 0) is 74.5 Å². The number of thioether (sulfide) groups is 1. The molecule has 312 valence electrons. The molecule has 57 heavy (non-hydrogen) atoms. The second-order valence-corrected chi connectivity index (χ2v) is 16.4. The molecule has 3 aromatic rings. The molecule has 0 aliphatic rings. The van der Waals surface area contributed by atoms with Crippen molar-refractivity contribution in [2.24, 2.45) is 22.8 Å². The average Bonchev–Trinajstić information content (AvgIpc) is 3.55. The molecule has 3 rings (SSSR count). The van der Waals surface area contributed by atoms with E-state index in [-0.39, 0.29) is 48.1 Å². The summed E-state index contributed by atoms with van der Waals surface area (Å²) < 4.78 is 31.4. The van der Waals surface area contributed by atoms with Crippen molar-refractivity contribution in [2.45, 2.75) is 84.8 Å². The second kappa shape index (κ2) is 23.0. The maximum Gasteiger partial charge on any atom is 0.328 e. The van der Waals surface area contributed by atoms with Gasteiger partial charge in [-0.15, -0.1) is 0 Å². The molecule has 0 saturated heterocycles. The third-order valence-electron chi connectivity index (χ3n) is 9.42. The van der Waals surface area contributed by atoms with Crippen LogP contribution in [0.3, 0.4) is 0 Å². The topological polar surface area (TPSA) is 190 Å². The fourth-order valence-electron chi connectivity index (χ4n) is 6.70. The van der Waals surface area contributed by atoms with Gasteiger partial charge >= 0.3 is 5.97 Å². The van der Waals surface area contributed by atoms with Crippen molar-refractivity contribution in [1.29, 1.82) is 0 Å². The van der Waals surface area contributed by atoms with Gasteiger partial charge in [0.05, 0.1) is 11.8 Å². The van der Waals surface area contributed by atoms with E-state index in [2.05, 4.69) is 10.6 Å². The Hall–Kier alpha value is -4.60. The number of rotatable bonds is 24. The highest BCUT2D eigenvalue weighted by Gasteiger charge is 2.37. The maximum atomic E-state index is 15.1. The van der Waals surface area contributed by atoms with E-state index in [0.717, 1.165) is 29.5 Å². The summed E-state index contributed by atoms with van der Waals surface area (Å²) in [7, 11) is 0. The molecule has 3 amide bonds. The van der Waals surface area contributed by atoms with Gasteiger partial charge in [0.25, 0.3) is 0 Å². The standard InChI is InChI=1S/C42H58F2N6O6S/c1-28(51)21-30(13-8-9-17-45)40(54)47-24-35(41(55)56)48-37(52)16-20-57-27-38(53)50(19-10-18-46)39(42(2,3)4)36-22-31(33-23-32(43)14-15-34(33)44)26-49(36)25-29-11-6-5-7-12-29/h5-7,11-12,14-15,22-23,26,30,35,39H,8-10,13,16-21,24-25,27,45-46H2,1-4H3,(H,47,54)(H,48,52)(H,55,56)/t30-,35-,39+/m1/s1. The summed E-state index contributed by atoms with van der Waals surface area (Å²) in [6, 6.07) is 12.9. The lowest BCUT2D eigenvalue weighted by Gasteiger charge is -2.41. The Kier molecular flexibility index (Phi) is 18.8. The summed E-state index contributed by atoms with van der Waals surface area (Å²) in [5.74, 6) is -4.29. The van der Waals surface area contributed by atoms with Gasteiger partial charge < -0.3 is 41.5 Å². The molecule has 0 saturated carbocycles. The van der Waals surface area contributed by atoms with E-state index in [1.165, 1.54) is 18.7 Å². The number of nitrogens with one attached hydrogen (secondary N) is 2. The van der Waals surface area contributed by atoms with Crippen LogP contribution in [-0.2, 0) is 30.5 Å². The minimum Gasteiger partial charge on any atom is -0.480 e. The highest BCUT2D eigenvalue weighted by molar-refractivity contribution is 7.99. The Morgan fingerprint density at radius 3 is 2.30 bits per heavy atom. The van der Waals surface area contributed by atoms with Crippen LogP contribution in [-0.4, -0.2) is 87.8 Å². The number of hydrogen-bond acceptors (Lipinski definition) is 8. The molecule has 0 aliphatic carbocycles. The molecule has 0 aliphatic heterocycles. The number of Topliss-reactive ketones (excluding diaryl/α,β-unsaturated/α-hetero) is 1. The van der Waals surface area contributed by atoms with E-state index in [1.54, 1.807) is 11.1 Å². The minimum absolute atomic E-state index is 0.00924. The first-order chi connectivity index (χ1) is 27.0. The Labute approximate surface area is 338 Å². The van der Waals surface area contributed by atoms with Crippen LogP contribution in [0.15, 0.2) is 60.8 Å². The van der Waals surface area contributed by atoms with Crippen LogP contribution >= 0.6 is 11.8 Å². The molecule has 1 heterocycles. The molecule has 0 spiro atoms. The van der Waals surface area contributed by atoms with Gasteiger partial charge in [-0.1, -0.05) is 57.5 Å². The monoisotopic (exact) mass is 812 g/mol. The van der Waals surface area contributed by atoms with Gasteiger partial charge in [0.15, 0.2) is 0 Å². The summed E-state index contributed by atoms with van der Waals surface area (Å²) in [5, 5.41) is 14.7. The number of ketones is 1. The fraction of sp³-hybridized carbons (Fsp3) is 0.500.